The Balaban J connectivity index is 0.00000289. The summed E-state index contributed by atoms with van der Waals surface area (Å²) in [7, 11) is 1.84. The number of hydrogen-bond acceptors (Lipinski definition) is 2. The van der Waals surface area contributed by atoms with Gasteiger partial charge < -0.3 is 10.6 Å². The van der Waals surface area contributed by atoms with Crippen LogP contribution >= 0.6 is 12.4 Å². The number of benzene rings is 1. The molecule has 0 aliphatic carbocycles. The fourth-order valence-electron chi connectivity index (χ4n) is 1.76. The Bertz CT molecular complexity index is 407. The van der Waals surface area contributed by atoms with Gasteiger partial charge in [0, 0.05) is 24.8 Å². The minimum atomic E-state index is 0. The zero-order valence-electron chi connectivity index (χ0n) is 11.6. The van der Waals surface area contributed by atoms with Crippen LogP contribution in [-0.2, 0) is 0 Å². The van der Waals surface area contributed by atoms with Gasteiger partial charge in [0.15, 0.2) is 0 Å². The van der Waals surface area contributed by atoms with Crippen LogP contribution in [0, 0.1) is 12.8 Å². The second kappa shape index (κ2) is 7.27. The summed E-state index contributed by atoms with van der Waals surface area (Å²) >= 11 is 0. The number of hydrogen-bond donors (Lipinski definition) is 1. The van der Waals surface area contributed by atoms with Gasteiger partial charge in [0.25, 0.3) is 5.91 Å². The zero-order valence-corrected chi connectivity index (χ0v) is 12.4. The van der Waals surface area contributed by atoms with E-state index < -0.39 is 0 Å². The van der Waals surface area contributed by atoms with Crippen molar-refractivity contribution >= 4 is 24.0 Å². The predicted molar refractivity (Wildman–Crippen MR) is 79.3 cm³/mol. The largest absolute Gasteiger partial charge is 0.399 e. The van der Waals surface area contributed by atoms with Crippen molar-refractivity contribution < 1.29 is 4.79 Å². The topological polar surface area (TPSA) is 46.3 Å². The molecule has 0 aromatic heterocycles. The summed E-state index contributed by atoms with van der Waals surface area (Å²) in [6.07, 6.45) is 1.08. The van der Waals surface area contributed by atoms with E-state index in [2.05, 4.69) is 13.8 Å². The van der Waals surface area contributed by atoms with Crippen LogP contribution in [0.4, 0.5) is 5.69 Å². The number of nitrogens with two attached hydrogens (primary N) is 1. The van der Waals surface area contributed by atoms with Gasteiger partial charge in [-0.25, -0.2) is 0 Å². The Kier molecular flexibility index (Phi) is 6.77. The van der Waals surface area contributed by atoms with Gasteiger partial charge in [-0.1, -0.05) is 26.3 Å². The van der Waals surface area contributed by atoms with E-state index in [4.69, 9.17) is 5.73 Å². The molecule has 0 radical (unpaired) electrons. The Hall–Kier alpha value is -1.22. The number of amides is 1. The monoisotopic (exact) mass is 270 g/mol. The lowest BCUT2D eigenvalue weighted by molar-refractivity contribution is 0.0774. The highest BCUT2D eigenvalue weighted by atomic mass is 35.5. The molecule has 0 spiro atoms. The van der Waals surface area contributed by atoms with Gasteiger partial charge in [0.1, 0.15) is 0 Å². The lowest BCUT2D eigenvalue weighted by atomic mass is 10.1. The van der Waals surface area contributed by atoms with Gasteiger partial charge in [-0.05, 0) is 30.5 Å². The van der Waals surface area contributed by atoms with E-state index in [1.54, 1.807) is 11.0 Å². The van der Waals surface area contributed by atoms with E-state index in [1.807, 2.05) is 26.1 Å². The molecule has 0 heterocycles. The van der Waals surface area contributed by atoms with Gasteiger partial charge in [-0.3, -0.25) is 4.79 Å². The number of nitrogen functional groups attached to an aromatic ring is 1. The zero-order chi connectivity index (χ0) is 13.0. The highest BCUT2D eigenvalue weighted by Gasteiger charge is 2.15. The van der Waals surface area contributed by atoms with Crippen molar-refractivity contribution in [2.75, 3.05) is 19.3 Å². The molecular formula is C14H23ClN2O. The van der Waals surface area contributed by atoms with Gasteiger partial charge in [0.2, 0.25) is 0 Å². The van der Waals surface area contributed by atoms with Crippen LogP contribution in [0.25, 0.3) is 0 Å². The minimum absolute atomic E-state index is 0. The third-order valence-electron chi connectivity index (χ3n) is 3.12. The van der Waals surface area contributed by atoms with Gasteiger partial charge >= 0.3 is 0 Å². The summed E-state index contributed by atoms with van der Waals surface area (Å²) in [5.74, 6) is 0.570. The smallest absolute Gasteiger partial charge is 0.253 e. The summed E-state index contributed by atoms with van der Waals surface area (Å²) in [6.45, 7) is 7.00. The van der Waals surface area contributed by atoms with E-state index in [0.29, 0.717) is 17.2 Å². The maximum Gasteiger partial charge on any atom is 0.253 e. The van der Waals surface area contributed by atoms with E-state index in [-0.39, 0.29) is 18.3 Å². The highest BCUT2D eigenvalue weighted by molar-refractivity contribution is 5.96. The molecule has 1 aromatic carbocycles. The molecule has 18 heavy (non-hydrogen) atoms. The maximum absolute atomic E-state index is 12.2. The van der Waals surface area contributed by atoms with Crippen LogP contribution in [0.5, 0.6) is 0 Å². The normalized spacial score (nSPS) is 11.6. The van der Waals surface area contributed by atoms with Crippen LogP contribution < -0.4 is 5.73 Å². The molecule has 1 unspecified atom stereocenters. The third kappa shape index (κ3) is 4.22. The first-order valence-corrected chi connectivity index (χ1v) is 6.07. The van der Waals surface area contributed by atoms with Crippen molar-refractivity contribution in [3.63, 3.8) is 0 Å². The standard InChI is InChI=1S/C14H22N2O.ClH/c1-5-10(2)9-16(4)14(17)13-8-12(15)7-6-11(13)3;/h6-8,10H,5,9,15H2,1-4H3;1H. The third-order valence-corrected chi connectivity index (χ3v) is 3.12. The van der Waals surface area contributed by atoms with Crippen molar-refractivity contribution in [1.29, 1.82) is 0 Å². The van der Waals surface area contributed by atoms with Crippen molar-refractivity contribution in [1.82, 2.24) is 4.90 Å². The minimum Gasteiger partial charge on any atom is -0.399 e. The number of anilines is 1. The van der Waals surface area contributed by atoms with Crippen LogP contribution in [0.2, 0.25) is 0 Å². The van der Waals surface area contributed by atoms with Crippen LogP contribution in [0.15, 0.2) is 18.2 Å². The molecule has 102 valence electrons. The molecule has 1 aromatic rings. The Morgan fingerprint density at radius 2 is 2.06 bits per heavy atom. The second-order valence-electron chi connectivity index (χ2n) is 4.77. The molecule has 1 rings (SSSR count). The maximum atomic E-state index is 12.2. The Morgan fingerprint density at radius 1 is 1.44 bits per heavy atom. The molecular weight excluding hydrogens is 248 g/mol. The lowest BCUT2D eigenvalue weighted by Gasteiger charge is -2.21. The van der Waals surface area contributed by atoms with Crippen molar-refractivity contribution in [2.45, 2.75) is 27.2 Å². The molecule has 4 heteroatoms. The fourth-order valence-corrected chi connectivity index (χ4v) is 1.76. The quantitative estimate of drug-likeness (QED) is 0.855. The summed E-state index contributed by atoms with van der Waals surface area (Å²) < 4.78 is 0. The molecule has 0 saturated carbocycles. The van der Waals surface area contributed by atoms with Gasteiger partial charge in [-0.15, -0.1) is 12.4 Å². The summed E-state index contributed by atoms with van der Waals surface area (Å²) in [4.78, 5) is 14.0. The number of carbonyl (C=O) groups excluding carboxylic acids is 1. The SMILES string of the molecule is CCC(C)CN(C)C(=O)c1cc(N)ccc1C.Cl. The number of rotatable bonds is 4. The number of nitrogens with zero attached hydrogens (tertiary/aromatic N) is 1. The highest BCUT2D eigenvalue weighted by Crippen LogP contribution is 2.15. The molecule has 1 amide bonds. The number of carbonyl (C=O) groups is 1. The van der Waals surface area contributed by atoms with E-state index >= 15 is 0 Å². The molecule has 0 bridgehead atoms. The van der Waals surface area contributed by atoms with Gasteiger partial charge in [0.05, 0.1) is 0 Å². The lowest BCUT2D eigenvalue weighted by Crippen LogP contribution is -2.31. The fraction of sp³-hybridized carbons (Fsp3) is 0.500. The molecule has 0 fully saturated rings. The van der Waals surface area contributed by atoms with E-state index in [9.17, 15) is 4.79 Å². The average Bonchev–Trinajstić information content (AvgIpc) is 2.31. The molecule has 0 saturated heterocycles. The van der Waals surface area contributed by atoms with E-state index in [0.717, 1.165) is 18.5 Å². The number of halogens is 1. The first kappa shape index (κ1) is 16.8. The molecule has 3 nitrogen and oxygen atoms in total. The van der Waals surface area contributed by atoms with Crippen LogP contribution in [-0.4, -0.2) is 24.4 Å². The molecule has 0 aliphatic heterocycles. The molecule has 2 N–H and O–H groups in total. The van der Waals surface area contributed by atoms with Crippen molar-refractivity contribution in [3.05, 3.63) is 29.3 Å². The molecule has 0 aliphatic rings. The summed E-state index contributed by atoms with van der Waals surface area (Å²) in [5.41, 5.74) is 8.03. The summed E-state index contributed by atoms with van der Waals surface area (Å²) in [5, 5.41) is 0. The number of aryl methyl sites for hydroxylation is 1. The van der Waals surface area contributed by atoms with E-state index in [1.165, 1.54) is 0 Å². The van der Waals surface area contributed by atoms with Crippen molar-refractivity contribution in [2.24, 2.45) is 5.92 Å². The molecule has 1 atom stereocenters. The van der Waals surface area contributed by atoms with Crippen molar-refractivity contribution in [3.8, 4) is 0 Å². The second-order valence-corrected chi connectivity index (χ2v) is 4.77. The average molecular weight is 271 g/mol. The van der Waals surface area contributed by atoms with Crippen LogP contribution in [0.3, 0.4) is 0 Å². The Labute approximate surface area is 116 Å². The van der Waals surface area contributed by atoms with Gasteiger partial charge in [-0.2, -0.15) is 0 Å². The van der Waals surface area contributed by atoms with Crippen LogP contribution in [0.1, 0.15) is 36.2 Å². The first-order chi connectivity index (χ1) is 7.95. The summed E-state index contributed by atoms with van der Waals surface area (Å²) in [6, 6.07) is 5.46. The predicted octanol–water partition coefficient (Wildman–Crippen LogP) is 3.12. The Morgan fingerprint density at radius 3 is 2.61 bits per heavy atom. The first-order valence-electron chi connectivity index (χ1n) is 6.07.